The topological polar surface area (TPSA) is 104 Å². The summed E-state index contributed by atoms with van der Waals surface area (Å²) in [7, 11) is 0. The van der Waals surface area contributed by atoms with E-state index in [4.69, 9.17) is 11.6 Å². The lowest BCUT2D eigenvalue weighted by Crippen LogP contribution is -2.35. The van der Waals surface area contributed by atoms with Gasteiger partial charge in [0.05, 0.1) is 34.0 Å². The van der Waals surface area contributed by atoms with Crippen LogP contribution in [-0.4, -0.2) is 25.0 Å². The normalized spacial score (nSPS) is 13.5. The molecule has 0 aliphatic rings. The second-order valence-electron chi connectivity index (χ2n) is 10.6. The number of fused-ring (bicyclic) bond motifs is 1. The van der Waals surface area contributed by atoms with Crippen LogP contribution in [0.25, 0.3) is 10.9 Å². The largest absolute Gasteiger partial charge is 0.377 e. The second kappa shape index (κ2) is 11.6. The van der Waals surface area contributed by atoms with Crippen molar-refractivity contribution in [3.8, 4) is 6.07 Å². The number of hydrogen-bond donors (Lipinski definition) is 2. The fourth-order valence-corrected chi connectivity index (χ4v) is 5.45. The van der Waals surface area contributed by atoms with Crippen molar-refractivity contribution >= 4 is 33.9 Å². The zero-order chi connectivity index (χ0) is 29.1. The number of rotatable bonds is 9. The van der Waals surface area contributed by atoms with Gasteiger partial charge in [0.15, 0.2) is 0 Å². The molecule has 0 aliphatic carbocycles. The molecule has 3 aromatic heterocycles. The lowest BCUT2D eigenvalue weighted by molar-refractivity contribution is 0.514. The third-order valence-electron chi connectivity index (χ3n) is 7.47. The van der Waals surface area contributed by atoms with Crippen molar-refractivity contribution in [1.82, 2.24) is 25.0 Å². The molecule has 0 radical (unpaired) electrons. The number of aryl methyl sites for hydroxylation is 1. The van der Waals surface area contributed by atoms with Crippen molar-refractivity contribution in [3.05, 3.63) is 106 Å². The van der Waals surface area contributed by atoms with Crippen LogP contribution in [0, 0.1) is 18.3 Å². The number of benzene rings is 2. The lowest BCUT2D eigenvalue weighted by Gasteiger charge is -2.32. The van der Waals surface area contributed by atoms with Gasteiger partial charge in [-0.05, 0) is 57.9 Å². The number of pyridine rings is 2. The SMILES string of the molecule is CC[C@@H](Nc1c(C#N)cnc2c(Cl)cc(N[C@](C)(c3cn(C(C)C)nn3)c3cccnc3C)cc12)c1ccccc1. The first kappa shape index (κ1) is 28.1. The maximum absolute atomic E-state index is 10.0. The summed E-state index contributed by atoms with van der Waals surface area (Å²) in [6.45, 7) is 10.3. The van der Waals surface area contributed by atoms with Gasteiger partial charge in [-0.3, -0.25) is 9.97 Å². The highest BCUT2D eigenvalue weighted by Crippen LogP contribution is 2.39. The highest BCUT2D eigenvalue weighted by atomic mass is 35.5. The summed E-state index contributed by atoms with van der Waals surface area (Å²) in [6.07, 6.45) is 6.14. The quantitative estimate of drug-likeness (QED) is 0.190. The van der Waals surface area contributed by atoms with Gasteiger partial charge in [0.2, 0.25) is 0 Å². The Morgan fingerprint density at radius 1 is 1.10 bits per heavy atom. The third-order valence-corrected chi connectivity index (χ3v) is 7.75. The smallest absolute Gasteiger partial charge is 0.112 e. The Labute approximate surface area is 245 Å². The predicted octanol–water partition coefficient (Wildman–Crippen LogP) is 7.57. The first-order valence-corrected chi connectivity index (χ1v) is 14.1. The number of anilines is 2. The van der Waals surface area contributed by atoms with E-state index < -0.39 is 5.54 Å². The van der Waals surface area contributed by atoms with Gasteiger partial charge in [0.25, 0.3) is 0 Å². The van der Waals surface area contributed by atoms with Gasteiger partial charge >= 0.3 is 0 Å². The van der Waals surface area contributed by atoms with Gasteiger partial charge in [-0.2, -0.15) is 5.26 Å². The first-order chi connectivity index (χ1) is 19.7. The molecule has 5 rings (SSSR count). The summed E-state index contributed by atoms with van der Waals surface area (Å²) in [5.41, 5.74) is 5.45. The molecule has 2 N–H and O–H groups in total. The molecule has 0 aliphatic heterocycles. The Morgan fingerprint density at radius 2 is 1.88 bits per heavy atom. The summed E-state index contributed by atoms with van der Waals surface area (Å²) in [5.74, 6) is 0. The van der Waals surface area contributed by atoms with Crippen LogP contribution in [0.15, 0.2) is 73.2 Å². The lowest BCUT2D eigenvalue weighted by atomic mass is 9.87. The summed E-state index contributed by atoms with van der Waals surface area (Å²) in [6, 6.07) is 20.5. The Hall–Kier alpha value is -4.48. The van der Waals surface area contributed by atoms with Crippen molar-refractivity contribution in [3.63, 3.8) is 0 Å². The minimum atomic E-state index is -0.785. The number of aromatic nitrogens is 5. The van der Waals surface area contributed by atoms with E-state index in [1.807, 2.05) is 60.3 Å². The number of nitriles is 1. The molecule has 41 heavy (non-hydrogen) atoms. The van der Waals surface area contributed by atoms with Gasteiger partial charge in [0, 0.05) is 40.8 Å². The molecule has 208 valence electrons. The molecular formula is C32H33ClN8. The van der Waals surface area contributed by atoms with Crippen molar-refractivity contribution in [2.24, 2.45) is 0 Å². The van der Waals surface area contributed by atoms with Crippen LogP contribution in [0.3, 0.4) is 0 Å². The monoisotopic (exact) mass is 564 g/mol. The average Bonchev–Trinajstić information content (AvgIpc) is 3.48. The molecule has 0 saturated heterocycles. The van der Waals surface area contributed by atoms with Crippen molar-refractivity contribution in [2.45, 2.75) is 58.7 Å². The Kier molecular flexibility index (Phi) is 7.91. The fourth-order valence-electron chi connectivity index (χ4n) is 5.18. The van der Waals surface area contributed by atoms with Crippen LogP contribution >= 0.6 is 11.6 Å². The highest BCUT2D eigenvalue weighted by Gasteiger charge is 2.34. The highest BCUT2D eigenvalue weighted by molar-refractivity contribution is 6.35. The van der Waals surface area contributed by atoms with Crippen molar-refractivity contribution < 1.29 is 0 Å². The van der Waals surface area contributed by atoms with E-state index in [1.54, 1.807) is 12.4 Å². The third kappa shape index (κ3) is 5.46. The van der Waals surface area contributed by atoms with Crippen LogP contribution in [0.4, 0.5) is 11.4 Å². The minimum absolute atomic E-state index is 0.00123. The van der Waals surface area contributed by atoms with Gasteiger partial charge in [-0.25, -0.2) is 4.68 Å². The molecule has 2 atom stereocenters. The molecule has 9 heteroatoms. The summed E-state index contributed by atoms with van der Waals surface area (Å²) < 4.78 is 1.84. The number of nitrogens with one attached hydrogen (secondary N) is 2. The Balaban J connectivity index is 1.65. The molecule has 2 aromatic carbocycles. The Morgan fingerprint density at radius 3 is 2.54 bits per heavy atom. The molecule has 0 spiro atoms. The number of hydrogen-bond acceptors (Lipinski definition) is 7. The second-order valence-corrected chi connectivity index (χ2v) is 11.0. The molecule has 3 heterocycles. The van der Waals surface area contributed by atoms with E-state index in [9.17, 15) is 5.26 Å². The van der Waals surface area contributed by atoms with Crippen LogP contribution in [0.1, 0.15) is 74.3 Å². The molecule has 0 unspecified atom stereocenters. The van der Waals surface area contributed by atoms with E-state index in [2.05, 4.69) is 76.8 Å². The fraction of sp³-hybridized carbons (Fsp3) is 0.281. The van der Waals surface area contributed by atoms with Crippen molar-refractivity contribution in [1.29, 1.82) is 5.26 Å². The maximum Gasteiger partial charge on any atom is 0.112 e. The summed E-state index contributed by atoms with van der Waals surface area (Å²) in [5, 5.41) is 27.5. The van der Waals surface area contributed by atoms with Gasteiger partial charge in [-0.15, -0.1) is 5.10 Å². The van der Waals surface area contributed by atoms with E-state index in [0.717, 1.165) is 40.0 Å². The van der Waals surface area contributed by atoms with Crippen LogP contribution in [0.5, 0.6) is 0 Å². The number of nitrogens with zero attached hydrogens (tertiary/aromatic N) is 6. The molecule has 8 nitrogen and oxygen atoms in total. The zero-order valence-corrected chi connectivity index (χ0v) is 24.6. The molecule has 0 amide bonds. The molecule has 0 saturated carbocycles. The van der Waals surface area contributed by atoms with Crippen LogP contribution < -0.4 is 10.6 Å². The van der Waals surface area contributed by atoms with E-state index in [1.165, 1.54) is 0 Å². The first-order valence-electron chi connectivity index (χ1n) is 13.7. The maximum atomic E-state index is 10.0. The molecule has 0 fully saturated rings. The van der Waals surface area contributed by atoms with E-state index in [-0.39, 0.29) is 12.1 Å². The zero-order valence-electron chi connectivity index (χ0n) is 23.9. The summed E-state index contributed by atoms with van der Waals surface area (Å²) in [4.78, 5) is 9.10. The van der Waals surface area contributed by atoms with Crippen molar-refractivity contribution in [2.75, 3.05) is 10.6 Å². The average molecular weight is 565 g/mol. The Bertz CT molecular complexity index is 1720. The van der Waals surface area contributed by atoms with Gasteiger partial charge in [0.1, 0.15) is 17.3 Å². The predicted molar refractivity (Wildman–Crippen MR) is 164 cm³/mol. The molecule has 0 bridgehead atoms. The summed E-state index contributed by atoms with van der Waals surface area (Å²) >= 11 is 6.86. The van der Waals surface area contributed by atoms with E-state index >= 15 is 0 Å². The molecule has 5 aromatic rings. The minimum Gasteiger partial charge on any atom is -0.377 e. The van der Waals surface area contributed by atoms with Crippen LogP contribution in [0.2, 0.25) is 5.02 Å². The van der Waals surface area contributed by atoms with Gasteiger partial charge in [-0.1, -0.05) is 60.1 Å². The van der Waals surface area contributed by atoms with E-state index in [0.29, 0.717) is 21.8 Å². The van der Waals surface area contributed by atoms with Crippen LogP contribution in [-0.2, 0) is 5.54 Å². The molecular weight excluding hydrogens is 532 g/mol. The number of halogens is 1. The standard InChI is InChI=1S/C32H33ClN8/c1-6-28(22-11-8-7-9-12-22)37-30-23(17-34)18-36-31-25(30)15-24(16-27(31)33)38-32(5,26-13-10-14-35-21(26)4)29-19-41(20(2)3)40-39-29/h7-16,18-20,28,38H,6H2,1-5H3,(H,36,37)/t28-,32+/m1/s1. The van der Waals surface area contributed by atoms with Gasteiger partial charge < -0.3 is 10.6 Å².